The fraction of sp³-hybridized carbons (Fsp3) is 0.320. The van der Waals surface area contributed by atoms with E-state index in [-0.39, 0.29) is 33.7 Å². The average molecular weight is 533 g/mol. The Bertz CT molecular complexity index is 1290. The van der Waals surface area contributed by atoms with Gasteiger partial charge < -0.3 is 10.3 Å². The molecular formula is C25H20ClF7N2O. The number of benzene rings is 2. The molecule has 0 aliphatic heterocycles. The van der Waals surface area contributed by atoms with E-state index in [4.69, 9.17) is 11.6 Å². The Morgan fingerprint density at radius 1 is 0.944 bits per heavy atom. The van der Waals surface area contributed by atoms with Gasteiger partial charge in [0.1, 0.15) is 0 Å². The molecule has 0 radical (unpaired) electrons. The molecule has 3 aromatic rings. The Balaban J connectivity index is 1.80. The fourth-order valence-electron chi connectivity index (χ4n) is 4.22. The maximum atomic E-state index is 14.7. The molecule has 1 saturated carbocycles. The van der Waals surface area contributed by atoms with E-state index in [0.29, 0.717) is 34.5 Å². The first-order valence-electron chi connectivity index (χ1n) is 10.9. The Hall–Kier alpha value is -3.01. The molecule has 1 aliphatic carbocycles. The monoisotopic (exact) mass is 532 g/mol. The Labute approximate surface area is 206 Å². The molecule has 2 N–H and O–H groups in total. The highest BCUT2D eigenvalue weighted by atomic mass is 35.5. The van der Waals surface area contributed by atoms with E-state index < -0.39 is 23.6 Å². The lowest BCUT2D eigenvalue weighted by Crippen LogP contribution is -2.50. The lowest BCUT2D eigenvalue weighted by atomic mass is 9.87. The molecule has 0 atom stereocenters. The van der Waals surface area contributed by atoms with Crippen molar-refractivity contribution in [3.05, 3.63) is 69.9 Å². The number of H-pyrrole nitrogens is 1. The van der Waals surface area contributed by atoms with Crippen molar-refractivity contribution in [3.63, 3.8) is 0 Å². The second kappa shape index (κ2) is 8.83. The van der Waals surface area contributed by atoms with Crippen molar-refractivity contribution >= 4 is 17.5 Å². The van der Waals surface area contributed by atoms with Gasteiger partial charge in [0.05, 0.1) is 16.3 Å². The summed E-state index contributed by atoms with van der Waals surface area (Å²) in [5.41, 5.74) is -5.05. The van der Waals surface area contributed by atoms with Crippen LogP contribution in [0, 0.1) is 13.8 Å². The average Bonchev–Trinajstić information content (AvgIpc) is 3.45. The Morgan fingerprint density at radius 2 is 1.53 bits per heavy atom. The van der Waals surface area contributed by atoms with Crippen molar-refractivity contribution in [1.82, 2.24) is 10.3 Å². The third-order valence-electron chi connectivity index (χ3n) is 6.14. The predicted molar refractivity (Wildman–Crippen MR) is 122 cm³/mol. The van der Waals surface area contributed by atoms with E-state index in [2.05, 4.69) is 10.3 Å². The zero-order valence-corrected chi connectivity index (χ0v) is 19.7. The molecule has 192 valence electrons. The third-order valence-corrected chi connectivity index (χ3v) is 6.47. The molecule has 1 amide bonds. The van der Waals surface area contributed by atoms with Gasteiger partial charge in [-0.1, -0.05) is 29.8 Å². The van der Waals surface area contributed by atoms with Gasteiger partial charge in [0, 0.05) is 28.9 Å². The van der Waals surface area contributed by atoms with E-state index in [1.165, 1.54) is 19.9 Å². The van der Waals surface area contributed by atoms with E-state index in [1.54, 1.807) is 24.4 Å². The molecule has 1 aromatic heterocycles. The number of amides is 1. The summed E-state index contributed by atoms with van der Waals surface area (Å²) in [5, 5.41) is 3.07. The highest BCUT2D eigenvalue weighted by Gasteiger charge is 2.73. The maximum absolute atomic E-state index is 14.7. The van der Waals surface area contributed by atoms with Gasteiger partial charge in [0.15, 0.2) is 0 Å². The van der Waals surface area contributed by atoms with Gasteiger partial charge in [-0.3, -0.25) is 4.79 Å². The van der Waals surface area contributed by atoms with Crippen molar-refractivity contribution in [3.8, 4) is 22.4 Å². The van der Waals surface area contributed by atoms with E-state index in [1.807, 2.05) is 0 Å². The number of alkyl halides is 7. The molecular weight excluding hydrogens is 513 g/mol. The summed E-state index contributed by atoms with van der Waals surface area (Å²) in [4.78, 5) is 15.5. The van der Waals surface area contributed by atoms with Crippen LogP contribution in [0.15, 0.2) is 42.6 Å². The van der Waals surface area contributed by atoms with Crippen molar-refractivity contribution in [2.45, 2.75) is 50.8 Å². The van der Waals surface area contributed by atoms with Crippen LogP contribution in [0.2, 0.25) is 5.02 Å². The van der Waals surface area contributed by atoms with Crippen LogP contribution in [0.3, 0.4) is 0 Å². The Kier molecular flexibility index (Phi) is 6.39. The summed E-state index contributed by atoms with van der Waals surface area (Å²) in [5.74, 6) is -0.350. The van der Waals surface area contributed by atoms with Crippen LogP contribution in [-0.2, 0) is 5.67 Å². The third kappa shape index (κ3) is 4.47. The highest BCUT2D eigenvalue weighted by molar-refractivity contribution is 6.34. The van der Waals surface area contributed by atoms with E-state index >= 15 is 0 Å². The molecule has 0 bridgehead atoms. The maximum Gasteiger partial charge on any atom is 0.435 e. The molecule has 0 spiro atoms. The summed E-state index contributed by atoms with van der Waals surface area (Å²) in [7, 11) is 0. The molecule has 3 nitrogen and oxygen atoms in total. The molecule has 2 aromatic carbocycles. The number of aromatic amines is 1. The number of halogens is 8. The standard InChI is InChI=1S/C25H20ClF7N2O/c1-12-9-15(23(27,24(28,29)30)25(31,32)33)10-13(2)20(12)21-17(7-8-34-21)14-3-6-19(26)18(11-14)22(36)35-16-4-5-16/h3,6-11,16,34H,4-5H2,1-2H3,(H,35,36). The zero-order valence-electron chi connectivity index (χ0n) is 19.0. The SMILES string of the molecule is Cc1cc(C(F)(C(F)(F)F)C(F)(F)F)cc(C)c1-c1[nH]ccc1-c1ccc(Cl)c(C(=O)NC2CC2)c1. The van der Waals surface area contributed by atoms with Gasteiger partial charge in [-0.25, -0.2) is 4.39 Å². The lowest BCUT2D eigenvalue weighted by Gasteiger charge is -2.31. The van der Waals surface area contributed by atoms with Gasteiger partial charge in [-0.15, -0.1) is 0 Å². The number of hydrogen-bond acceptors (Lipinski definition) is 1. The molecule has 1 heterocycles. The largest absolute Gasteiger partial charge is 0.435 e. The highest BCUT2D eigenvalue weighted by Crippen LogP contribution is 2.54. The first-order valence-corrected chi connectivity index (χ1v) is 11.3. The normalized spacial score (nSPS) is 14.7. The van der Waals surface area contributed by atoms with E-state index in [0.717, 1.165) is 12.8 Å². The molecule has 0 unspecified atom stereocenters. The van der Waals surface area contributed by atoms with Crippen LogP contribution in [0.5, 0.6) is 0 Å². The van der Waals surface area contributed by atoms with Crippen LogP contribution in [0.25, 0.3) is 22.4 Å². The molecule has 1 aliphatic rings. The summed E-state index contributed by atoms with van der Waals surface area (Å²) in [6.07, 6.45) is -9.11. The fourth-order valence-corrected chi connectivity index (χ4v) is 4.42. The minimum absolute atomic E-state index is 0.00453. The first-order chi connectivity index (χ1) is 16.6. The van der Waals surface area contributed by atoms with Gasteiger partial charge in [-0.05, 0) is 61.6 Å². The van der Waals surface area contributed by atoms with E-state index in [9.17, 15) is 35.5 Å². The molecule has 4 rings (SSSR count). The molecule has 11 heteroatoms. The summed E-state index contributed by atoms with van der Waals surface area (Å²) in [6.45, 7) is 2.61. The van der Waals surface area contributed by atoms with Crippen LogP contribution >= 0.6 is 11.6 Å². The van der Waals surface area contributed by atoms with Gasteiger partial charge in [0.2, 0.25) is 0 Å². The van der Waals surface area contributed by atoms with Crippen LogP contribution in [-0.4, -0.2) is 29.3 Å². The number of hydrogen-bond donors (Lipinski definition) is 2. The van der Waals surface area contributed by atoms with Crippen molar-refractivity contribution in [1.29, 1.82) is 0 Å². The van der Waals surface area contributed by atoms with Crippen molar-refractivity contribution in [2.24, 2.45) is 0 Å². The summed E-state index contributed by atoms with van der Waals surface area (Å²) < 4.78 is 94.4. The zero-order chi connectivity index (χ0) is 26.6. The number of carbonyl (C=O) groups excluding carboxylic acids is 1. The minimum atomic E-state index is -6.20. The smallest absolute Gasteiger partial charge is 0.361 e. The molecule has 36 heavy (non-hydrogen) atoms. The minimum Gasteiger partial charge on any atom is -0.361 e. The van der Waals surface area contributed by atoms with Crippen molar-refractivity contribution in [2.75, 3.05) is 0 Å². The van der Waals surface area contributed by atoms with Gasteiger partial charge in [-0.2, -0.15) is 26.3 Å². The predicted octanol–water partition coefficient (Wildman–Crippen LogP) is 7.80. The second-order valence-corrected chi connectivity index (χ2v) is 9.25. The number of nitrogens with one attached hydrogen (secondary N) is 2. The number of aryl methyl sites for hydroxylation is 2. The number of rotatable bonds is 5. The van der Waals surface area contributed by atoms with Gasteiger partial charge in [0.25, 0.3) is 5.91 Å². The number of aromatic nitrogens is 1. The van der Waals surface area contributed by atoms with Crippen LogP contribution < -0.4 is 5.32 Å². The first kappa shape index (κ1) is 26.1. The molecule has 1 fully saturated rings. The molecule has 0 saturated heterocycles. The summed E-state index contributed by atoms with van der Waals surface area (Å²) in [6, 6.07) is 7.60. The summed E-state index contributed by atoms with van der Waals surface area (Å²) >= 11 is 6.21. The topological polar surface area (TPSA) is 44.9 Å². The lowest BCUT2D eigenvalue weighted by molar-refractivity contribution is -0.348. The quantitative estimate of drug-likeness (QED) is 0.324. The van der Waals surface area contributed by atoms with Crippen molar-refractivity contribution < 1.29 is 35.5 Å². The van der Waals surface area contributed by atoms with Gasteiger partial charge >= 0.3 is 18.0 Å². The second-order valence-electron chi connectivity index (χ2n) is 8.85. The van der Waals surface area contributed by atoms with Crippen LogP contribution in [0.4, 0.5) is 30.7 Å². The number of carbonyl (C=O) groups is 1. The van der Waals surface area contributed by atoms with Crippen LogP contribution in [0.1, 0.15) is 39.9 Å². The Morgan fingerprint density at radius 3 is 2.06 bits per heavy atom.